The summed E-state index contributed by atoms with van der Waals surface area (Å²) in [6.45, 7) is 4.05. The molecule has 0 saturated carbocycles. The summed E-state index contributed by atoms with van der Waals surface area (Å²) < 4.78 is 4.62. The van der Waals surface area contributed by atoms with E-state index in [0.29, 0.717) is 6.42 Å². The number of nitrogens with one attached hydrogen (secondary N) is 1. The van der Waals surface area contributed by atoms with Gasteiger partial charge in [0.15, 0.2) is 0 Å². The number of hydrogen-bond donors (Lipinski definition) is 1. The summed E-state index contributed by atoms with van der Waals surface area (Å²) in [5.41, 5.74) is 0. The third-order valence-corrected chi connectivity index (χ3v) is 2.38. The number of rotatable bonds is 7. The number of ether oxygens (including phenoxy) is 1. The monoisotopic (exact) mass is 202 g/mol. The van der Waals surface area contributed by atoms with Crippen LogP contribution in [0, 0.1) is 0 Å². The van der Waals surface area contributed by atoms with Crippen LogP contribution in [0.25, 0.3) is 0 Å². The second-order valence-corrected chi connectivity index (χ2v) is 3.57. The number of hydrogen-bond acceptors (Lipinski definition) is 4. The molecule has 0 spiro atoms. The van der Waals surface area contributed by atoms with Gasteiger partial charge in [-0.3, -0.25) is 4.79 Å². The molecule has 4 nitrogen and oxygen atoms in total. The van der Waals surface area contributed by atoms with Crippen LogP contribution in [-0.4, -0.2) is 51.2 Å². The van der Waals surface area contributed by atoms with Gasteiger partial charge in [0.2, 0.25) is 0 Å². The molecule has 1 N–H and O–H groups in total. The van der Waals surface area contributed by atoms with Crippen molar-refractivity contribution in [3.05, 3.63) is 0 Å². The summed E-state index contributed by atoms with van der Waals surface area (Å²) in [6.07, 6.45) is 1.56. The molecular formula is C10H22N2O2. The summed E-state index contributed by atoms with van der Waals surface area (Å²) in [7, 11) is 5.40. The van der Waals surface area contributed by atoms with Crippen molar-refractivity contribution in [2.75, 3.05) is 34.3 Å². The fraction of sp³-hybridized carbons (Fsp3) is 0.900. The summed E-state index contributed by atoms with van der Waals surface area (Å²) in [4.78, 5) is 13.2. The van der Waals surface area contributed by atoms with Crippen LogP contribution in [-0.2, 0) is 9.53 Å². The van der Waals surface area contributed by atoms with Crippen LogP contribution >= 0.6 is 0 Å². The fourth-order valence-electron chi connectivity index (χ4n) is 1.21. The first-order valence-electron chi connectivity index (χ1n) is 5.03. The van der Waals surface area contributed by atoms with E-state index in [1.54, 1.807) is 0 Å². The maximum atomic E-state index is 11.0. The number of carbonyl (C=O) groups is 1. The van der Waals surface area contributed by atoms with Crippen molar-refractivity contribution < 1.29 is 9.53 Å². The summed E-state index contributed by atoms with van der Waals surface area (Å²) >= 11 is 0. The molecule has 0 amide bonds. The molecule has 0 radical (unpaired) electrons. The Morgan fingerprint density at radius 2 is 2.21 bits per heavy atom. The maximum Gasteiger partial charge on any atom is 0.307 e. The number of methoxy groups -OCH3 is 1. The SMILES string of the molecule is CNCCCN(C)C(C)CC(=O)OC. The predicted molar refractivity (Wildman–Crippen MR) is 57.3 cm³/mol. The lowest BCUT2D eigenvalue weighted by atomic mass is 10.2. The van der Waals surface area contributed by atoms with Crippen LogP contribution < -0.4 is 5.32 Å². The van der Waals surface area contributed by atoms with Crippen LogP contribution in [0.15, 0.2) is 0 Å². The molecule has 0 bridgehead atoms. The third kappa shape index (κ3) is 5.94. The van der Waals surface area contributed by atoms with Gasteiger partial charge in [-0.2, -0.15) is 0 Å². The first-order valence-corrected chi connectivity index (χ1v) is 5.03. The standard InChI is InChI=1S/C10H22N2O2/c1-9(8-10(13)14-4)12(3)7-5-6-11-2/h9,11H,5-8H2,1-4H3. The minimum atomic E-state index is -0.141. The normalized spacial score (nSPS) is 12.9. The predicted octanol–water partition coefficient (Wildman–Crippen LogP) is 0.479. The van der Waals surface area contributed by atoms with Gasteiger partial charge in [0, 0.05) is 6.04 Å². The molecule has 0 aliphatic rings. The van der Waals surface area contributed by atoms with E-state index < -0.39 is 0 Å². The summed E-state index contributed by atoms with van der Waals surface area (Å²) in [6, 6.07) is 0.249. The first kappa shape index (κ1) is 13.4. The highest BCUT2D eigenvalue weighted by Crippen LogP contribution is 2.02. The molecular weight excluding hydrogens is 180 g/mol. The van der Waals surface area contributed by atoms with E-state index in [1.807, 2.05) is 21.0 Å². The van der Waals surface area contributed by atoms with Gasteiger partial charge in [-0.15, -0.1) is 0 Å². The Hall–Kier alpha value is -0.610. The third-order valence-electron chi connectivity index (χ3n) is 2.38. The summed E-state index contributed by atoms with van der Waals surface area (Å²) in [5, 5.41) is 3.10. The van der Waals surface area contributed by atoms with E-state index in [-0.39, 0.29) is 12.0 Å². The van der Waals surface area contributed by atoms with E-state index in [0.717, 1.165) is 19.5 Å². The number of carbonyl (C=O) groups excluding carboxylic acids is 1. The smallest absolute Gasteiger partial charge is 0.307 e. The van der Waals surface area contributed by atoms with Crippen molar-refractivity contribution >= 4 is 5.97 Å². The summed E-state index contributed by atoms with van der Waals surface area (Å²) in [5.74, 6) is -0.141. The van der Waals surface area contributed by atoms with Crippen LogP contribution in [0.2, 0.25) is 0 Å². The molecule has 0 fully saturated rings. The minimum absolute atomic E-state index is 0.141. The lowest BCUT2D eigenvalue weighted by Crippen LogP contribution is -2.33. The lowest BCUT2D eigenvalue weighted by molar-refractivity contribution is -0.141. The van der Waals surface area contributed by atoms with E-state index >= 15 is 0 Å². The van der Waals surface area contributed by atoms with Gasteiger partial charge >= 0.3 is 5.97 Å². The maximum absolute atomic E-state index is 11.0. The Morgan fingerprint density at radius 3 is 2.71 bits per heavy atom. The molecule has 0 aromatic carbocycles. The average Bonchev–Trinajstić information content (AvgIpc) is 2.17. The zero-order chi connectivity index (χ0) is 11.0. The second-order valence-electron chi connectivity index (χ2n) is 3.57. The highest BCUT2D eigenvalue weighted by Gasteiger charge is 2.13. The van der Waals surface area contributed by atoms with E-state index in [9.17, 15) is 4.79 Å². The van der Waals surface area contributed by atoms with Crippen LogP contribution in [0.3, 0.4) is 0 Å². The lowest BCUT2D eigenvalue weighted by Gasteiger charge is -2.23. The van der Waals surface area contributed by atoms with Crippen LogP contribution in [0.1, 0.15) is 19.8 Å². The molecule has 0 saturated heterocycles. The molecule has 0 aromatic rings. The van der Waals surface area contributed by atoms with Crippen molar-refractivity contribution in [2.45, 2.75) is 25.8 Å². The van der Waals surface area contributed by atoms with Crippen molar-refractivity contribution in [3.63, 3.8) is 0 Å². The molecule has 0 aliphatic heterocycles. The van der Waals surface area contributed by atoms with E-state index in [1.165, 1.54) is 7.11 Å². The van der Waals surface area contributed by atoms with Gasteiger partial charge in [0.25, 0.3) is 0 Å². The number of esters is 1. The first-order chi connectivity index (χ1) is 6.61. The Morgan fingerprint density at radius 1 is 1.57 bits per heavy atom. The van der Waals surface area contributed by atoms with Crippen molar-refractivity contribution in [1.82, 2.24) is 10.2 Å². The molecule has 0 heterocycles. The molecule has 0 aromatic heterocycles. The zero-order valence-electron chi connectivity index (χ0n) is 9.67. The Balaban J connectivity index is 3.64. The molecule has 4 heteroatoms. The molecule has 1 atom stereocenters. The van der Waals surface area contributed by atoms with Crippen molar-refractivity contribution in [3.8, 4) is 0 Å². The Labute approximate surface area is 86.6 Å². The largest absolute Gasteiger partial charge is 0.469 e. The van der Waals surface area contributed by atoms with Crippen molar-refractivity contribution in [2.24, 2.45) is 0 Å². The molecule has 14 heavy (non-hydrogen) atoms. The molecule has 84 valence electrons. The highest BCUT2D eigenvalue weighted by molar-refractivity contribution is 5.69. The minimum Gasteiger partial charge on any atom is -0.469 e. The van der Waals surface area contributed by atoms with Crippen LogP contribution in [0.5, 0.6) is 0 Å². The molecule has 1 unspecified atom stereocenters. The van der Waals surface area contributed by atoms with E-state index in [4.69, 9.17) is 0 Å². The van der Waals surface area contributed by atoms with Gasteiger partial charge in [-0.1, -0.05) is 0 Å². The Kier molecular flexibility index (Phi) is 7.42. The Bertz CT molecular complexity index is 162. The van der Waals surface area contributed by atoms with Crippen molar-refractivity contribution in [1.29, 1.82) is 0 Å². The fourth-order valence-corrected chi connectivity index (χ4v) is 1.21. The topological polar surface area (TPSA) is 41.6 Å². The van der Waals surface area contributed by atoms with E-state index in [2.05, 4.69) is 15.0 Å². The van der Waals surface area contributed by atoms with Gasteiger partial charge in [0.1, 0.15) is 0 Å². The number of nitrogens with zero attached hydrogens (tertiary/aromatic N) is 1. The quantitative estimate of drug-likeness (QED) is 0.481. The second kappa shape index (κ2) is 7.76. The van der Waals surface area contributed by atoms with Gasteiger partial charge in [-0.25, -0.2) is 0 Å². The highest BCUT2D eigenvalue weighted by atomic mass is 16.5. The average molecular weight is 202 g/mol. The molecule has 0 aliphatic carbocycles. The zero-order valence-corrected chi connectivity index (χ0v) is 9.67. The molecule has 0 rings (SSSR count). The van der Waals surface area contributed by atoms with Crippen LogP contribution in [0.4, 0.5) is 0 Å². The van der Waals surface area contributed by atoms with Gasteiger partial charge in [-0.05, 0) is 40.5 Å². The van der Waals surface area contributed by atoms with Gasteiger partial charge < -0.3 is 15.0 Å². The van der Waals surface area contributed by atoms with Gasteiger partial charge in [0.05, 0.1) is 13.5 Å².